The van der Waals surface area contributed by atoms with Crippen LogP contribution < -0.4 is 10.0 Å². The highest BCUT2D eigenvalue weighted by Crippen LogP contribution is 2.29. The summed E-state index contributed by atoms with van der Waals surface area (Å²) in [5.41, 5.74) is 0.513. The average molecular weight is 366 g/mol. The zero-order chi connectivity index (χ0) is 19.7. The van der Waals surface area contributed by atoms with Gasteiger partial charge in [-0.15, -0.1) is 0 Å². The fourth-order valence-corrected chi connectivity index (χ4v) is 2.67. The van der Waals surface area contributed by atoms with E-state index in [2.05, 4.69) is 0 Å². The lowest BCUT2D eigenvalue weighted by Crippen LogP contribution is -2.29. The number of carbonyl (C=O) groups excluding carboxylic acids is 4. The lowest BCUT2D eigenvalue weighted by Gasteiger charge is -2.14. The van der Waals surface area contributed by atoms with Gasteiger partial charge >= 0.3 is 5.97 Å². The second kappa shape index (κ2) is 7.03. The number of carbonyl (C=O) groups is 4. The molecule has 2 aromatic rings. The number of benzene rings is 2. The normalized spacial score (nSPS) is 13.1. The molecule has 1 aliphatic rings. The number of carboxylic acids is 1. The Bertz CT molecular complexity index is 945. The molecule has 7 heteroatoms. The first-order valence-corrected chi connectivity index (χ1v) is 8.31. The molecule has 0 saturated heterocycles. The molecule has 2 aromatic carbocycles. The summed E-state index contributed by atoms with van der Waals surface area (Å²) in [5.74, 6) is -2.90. The van der Waals surface area contributed by atoms with E-state index >= 15 is 0 Å². The lowest BCUT2D eigenvalue weighted by molar-refractivity contribution is -0.255. The quantitative estimate of drug-likeness (QED) is 0.589. The fourth-order valence-electron chi connectivity index (χ4n) is 2.67. The number of anilines is 1. The summed E-state index contributed by atoms with van der Waals surface area (Å²) in [6.45, 7) is 4.13. The molecule has 0 unspecified atom stereocenters. The van der Waals surface area contributed by atoms with E-state index in [1.807, 2.05) is 13.8 Å². The number of fused-ring (bicyclic) bond motifs is 1. The van der Waals surface area contributed by atoms with Crippen LogP contribution in [0.1, 0.15) is 55.3 Å². The maximum Gasteiger partial charge on any atom is 0.338 e. The second-order valence-electron chi connectivity index (χ2n) is 6.53. The first-order chi connectivity index (χ1) is 12.8. The van der Waals surface area contributed by atoms with Crippen LogP contribution in [0.15, 0.2) is 42.5 Å². The maximum absolute atomic E-state index is 12.6. The molecule has 7 nitrogen and oxygen atoms in total. The van der Waals surface area contributed by atoms with E-state index in [1.165, 1.54) is 36.4 Å². The molecule has 2 amide bonds. The standard InChI is InChI=1S/C20H17NO6/c1-11(2)10-27-20(26)12-3-6-14(7-4-12)21-17(22)15-8-5-13(19(24)25)9-16(15)18(21)23/h3-9,11H,10H2,1-2H3,(H,24,25)/p-1. The monoisotopic (exact) mass is 366 g/mol. The number of esters is 1. The summed E-state index contributed by atoms with van der Waals surface area (Å²) < 4.78 is 5.14. The Labute approximate surface area is 155 Å². The number of nitrogens with zero attached hydrogens (tertiary/aromatic N) is 1. The van der Waals surface area contributed by atoms with Crippen molar-refractivity contribution in [3.63, 3.8) is 0 Å². The van der Waals surface area contributed by atoms with Crippen LogP contribution >= 0.6 is 0 Å². The zero-order valence-electron chi connectivity index (χ0n) is 14.7. The van der Waals surface area contributed by atoms with Gasteiger partial charge in [-0.2, -0.15) is 0 Å². The van der Waals surface area contributed by atoms with Crippen molar-refractivity contribution in [2.24, 2.45) is 5.92 Å². The average Bonchev–Trinajstić information content (AvgIpc) is 2.90. The van der Waals surface area contributed by atoms with Crippen molar-refractivity contribution in [1.29, 1.82) is 0 Å². The van der Waals surface area contributed by atoms with Crippen LogP contribution in [-0.4, -0.2) is 30.4 Å². The van der Waals surface area contributed by atoms with Crippen LogP contribution in [-0.2, 0) is 4.74 Å². The largest absolute Gasteiger partial charge is 0.545 e. The highest BCUT2D eigenvalue weighted by atomic mass is 16.5. The summed E-state index contributed by atoms with van der Waals surface area (Å²) in [6, 6.07) is 9.50. The van der Waals surface area contributed by atoms with Crippen molar-refractivity contribution in [3.05, 3.63) is 64.7 Å². The molecule has 0 saturated carbocycles. The van der Waals surface area contributed by atoms with Crippen LogP contribution in [0.3, 0.4) is 0 Å². The van der Waals surface area contributed by atoms with Gasteiger partial charge in [0.2, 0.25) is 0 Å². The summed E-state index contributed by atoms with van der Waals surface area (Å²) in [4.78, 5) is 49.0. The van der Waals surface area contributed by atoms with E-state index in [0.717, 1.165) is 11.0 Å². The van der Waals surface area contributed by atoms with Crippen LogP contribution in [0.25, 0.3) is 0 Å². The van der Waals surface area contributed by atoms with Crippen molar-refractivity contribution in [1.82, 2.24) is 0 Å². The molecule has 27 heavy (non-hydrogen) atoms. The molecular formula is C20H16NO6-. The molecule has 0 N–H and O–H groups in total. The van der Waals surface area contributed by atoms with Crippen LogP contribution in [0.4, 0.5) is 5.69 Å². The predicted octanol–water partition coefficient (Wildman–Crippen LogP) is 1.66. The Morgan fingerprint density at radius 3 is 2.15 bits per heavy atom. The fraction of sp³-hybridized carbons (Fsp3) is 0.200. The van der Waals surface area contributed by atoms with Crippen LogP contribution in [0.2, 0.25) is 0 Å². The highest BCUT2D eigenvalue weighted by Gasteiger charge is 2.36. The van der Waals surface area contributed by atoms with E-state index in [0.29, 0.717) is 12.2 Å². The lowest BCUT2D eigenvalue weighted by atomic mass is 10.1. The summed E-state index contributed by atoms with van der Waals surface area (Å²) in [5, 5.41) is 11.0. The Morgan fingerprint density at radius 1 is 0.963 bits per heavy atom. The molecule has 0 radical (unpaired) electrons. The van der Waals surface area contributed by atoms with Gasteiger partial charge in [0.05, 0.1) is 35.0 Å². The van der Waals surface area contributed by atoms with Crippen molar-refractivity contribution >= 4 is 29.4 Å². The van der Waals surface area contributed by atoms with Gasteiger partial charge < -0.3 is 14.6 Å². The topological polar surface area (TPSA) is 104 Å². The number of rotatable bonds is 5. The SMILES string of the molecule is CC(C)COC(=O)c1ccc(N2C(=O)c3ccc(C(=O)[O-])cc3C2=O)cc1. The van der Waals surface area contributed by atoms with Gasteiger partial charge in [-0.25, -0.2) is 9.69 Å². The molecule has 1 aliphatic heterocycles. The van der Waals surface area contributed by atoms with Gasteiger partial charge in [0.15, 0.2) is 0 Å². The van der Waals surface area contributed by atoms with Crippen molar-refractivity contribution < 1.29 is 29.0 Å². The van der Waals surface area contributed by atoms with Crippen molar-refractivity contribution in [3.8, 4) is 0 Å². The summed E-state index contributed by atoms with van der Waals surface area (Å²) in [7, 11) is 0. The molecule has 1 heterocycles. The second-order valence-corrected chi connectivity index (χ2v) is 6.53. The van der Waals surface area contributed by atoms with E-state index in [4.69, 9.17) is 4.74 Å². The predicted molar refractivity (Wildman–Crippen MR) is 93.5 cm³/mol. The van der Waals surface area contributed by atoms with Gasteiger partial charge in [-0.3, -0.25) is 9.59 Å². The van der Waals surface area contributed by atoms with Gasteiger partial charge in [-0.05, 0) is 47.9 Å². The number of aromatic carboxylic acids is 1. The van der Waals surface area contributed by atoms with E-state index in [1.54, 1.807) is 0 Å². The van der Waals surface area contributed by atoms with E-state index in [-0.39, 0.29) is 28.3 Å². The van der Waals surface area contributed by atoms with E-state index in [9.17, 15) is 24.3 Å². The molecule has 0 spiro atoms. The minimum Gasteiger partial charge on any atom is -0.545 e. The third-order valence-electron chi connectivity index (χ3n) is 4.03. The Balaban J connectivity index is 1.85. The van der Waals surface area contributed by atoms with Crippen molar-refractivity contribution in [2.75, 3.05) is 11.5 Å². The number of carboxylic acid groups (broad SMARTS) is 1. The number of ether oxygens (including phenoxy) is 1. The van der Waals surface area contributed by atoms with Crippen molar-refractivity contribution in [2.45, 2.75) is 13.8 Å². The van der Waals surface area contributed by atoms with Crippen LogP contribution in [0.5, 0.6) is 0 Å². The minimum atomic E-state index is -1.43. The van der Waals surface area contributed by atoms with Gasteiger partial charge in [0.1, 0.15) is 0 Å². The molecule has 0 atom stereocenters. The number of hydrogen-bond acceptors (Lipinski definition) is 6. The third kappa shape index (κ3) is 3.44. The van der Waals surface area contributed by atoms with Gasteiger partial charge in [0, 0.05) is 0 Å². The Morgan fingerprint density at radius 2 is 1.56 bits per heavy atom. The molecule has 0 aromatic heterocycles. The number of hydrogen-bond donors (Lipinski definition) is 0. The maximum atomic E-state index is 12.6. The van der Waals surface area contributed by atoms with E-state index < -0.39 is 23.8 Å². The molecule has 138 valence electrons. The van der Waals surface area contributed by atoms with Crippen LogP contribution in [0, 0.1) is 5.92 Å². The highest BCUT2D eigenvalue weighted by molar-refractivity contribution is 6.34. The molecule has 0 aliphatic carbocycles. The summed E-state index contributed by atoms with van der Waals surface area (Å²) >= 11 is 0. The third-order valence-corrected chi connectivity index (χ3v) is 4.03. The molecule has 0 fully saturated rings. The zero-order valence-corrected chi connectivity index (χ0v) is 14.7. The van der Waals surface area contributed by atoms with Gasteiger partial charge in [0.25, 0.3) is 11.8 Å². The Hall–Kier alpha value is -3.48. The first-order valence-electron chi connectivity index (χ1n) is 8.31. The Kier molecular flexibility index (Phi) is 4.77. The smallest absolute Gasteiger partial charge is 0.338 e. The summed E-state index contributed by atoms with van der Waals surface area (Å²) in [6.07, 6.45) is 0. The minimum absolute atomic E-state index is 0.00196. The molecular weight excluding hydrogens is 350 g/mol. The molecule has 0 bridgehead atoms. The number of amides is 2. The first kappa shape index (κ1) is 18.3. The van der Waals surface area contributed by atoms with Gasteiger partial charge in [-0.1, -0.05) is 19.9 Å². The molecule has 3 rings (SSSR count). The number of imide groups is 1.